The lowest BCUT2D eigenvalue weighted by molar-refractivity contribution is 0.0541. The molecule has 0 bridgehead atoms. The average Bonchev–Trinajstić information content (AvgIpc) is 2.16. The van der Waals surface area contributed by atoms with E-state index in [4.69, 9.17) is 5.11 Å². The molecule has 0 aliphatic heterocycles. The van der Waals surface area contributed by atoms with E-state index in [-0.39, 0.29) is 12.1 Å². The second-order valence-corrected chi connectivity index (χ2v) is 6.22. The standard InChI is InChI=1S/C14H31NO/c1-7-9-15(10-11-16)14(5,6)12-13(3,4)8-2/h16H,7-12H2,1-6H3. The van der Waals surface area contributed by atoms with Crippen LogP contribution in [0.25, 0.3) is 0 Å². The van der Waals surface area contributed by atoms with Crippen LogP contribution in [0.4, 0.5) is 0 Å². The van der Waals surface area contributed by atoms with Crippen molar-refractivity contribution < 1.29 is 5.11 Å². The predicted octanol–water partition coefficient (Wildman–Crippen LogP) is 3.30. The first-order valence-electron chi connectivity index (χ1n) is 6.65. The van der Waals surface area contributed by atoms with E-state index in [0.29, 0.717) is 5.41 Å². The van der Waals surface area contributed by atoms with Gasteiger partial charge in [-0.3, -0.25) is 4.90 Å². The fraction of sp³-hybridized carbons (Fsp3) is 1.00. The molecule has 0 amide bonds. The molecule has 0 saturated heterocycles. The zero-order valence-electron chi connectivity index (χ0n) is 12.1. The number of rotatable bonds is 8. The summed E-state index contributed by atoms with van der Waals surface area (Å²) in [5.74, 6) is 0. The minimum absolute atomic E-state index is 0.179. The smallest absolute Gasteiger partial charge is 0.0558 e. The maximum atomic E-state index is 9.14. The van der Waals surface area contributed by atoms with Crippen LogP contribution < -0.4 is 0 Å². The van der Waals surface area contributed by atoms with Gasteiger partial charge in [-0.15, -0.1) is 0 Å². The molecule has 16 heavy (non-hydrogen) atoms. The first kappa shape index (κ1) is 15.9. The SMILES string of the molecule is CCCN(CCO)C(C)(C)CC(C)(C)CC. The van der Waals surface area contributed by atoms with Crippen molar-refractivity contribution in [3.05, 3.63) is 0 Å². The molecule has 0 atom stereocenters. The van der Waals surface area contributed by atoms with Crippen molar-refractivity contribution in [2.24, 2.45) is 5.41 Å². The average molecular weight is 229 g/mol. The van der Waals surface area contributed by atoms with Crippen LogP contribution in [0.2, 0.25) is 0 Å². The molecule has 0 aliphatic rings. The van der Waals surface area contributed by atoms with Crippen LogP contribution >= 0.6 is 0 Å². The molecule has 2 heteroatoms. The van der Waals surface area contributed by atoms with Gasteiger partial charge in [0.2, 0.25) is 0 Å². The summed E-state index contributed by atoms with van der Waals surface area (Å²) in [6.45, 7) is 15.8. The molecule has 0 aliphatic carbocycles. The van der Waals surface area contributed by atoms with Gasteiger partial charge in [-0.1, -0.05) is 34.1 Å². The Labute approximate surface area is 102 Å². The van der Waals surface area contributed by atoms with Crippen LogP contribution in [-0.4, -0.2) is 35.2 Å². The van der Waals surface area contributed by atoms with Gasteiger partial charge in [0, 0.05) is 12.1 Å². The number of hydrogen-bond donors (Lipinski definition) is 1. The minimum Gasteiger partial charge on any atom is -0.395 e. The molecule has 0 fully saturated rings. The van der Waals surface area contributed by atoms with Crippen molar-refractivity contribution in [3.8, 4) is 0 Å². The van der Waals surface area contributed by atoms with E-state index in [1.807, 2.05) is 0 Å². The minimum atomic E-state index is 0.179. The van der Waals surface area contributed by atoms with Crippen molar-refractivity contribution >= 4 is 0 Å². The summed E-state index contributed by atoms with van der Waals surface area (Å²) in [7, 11) is 0. The molecule has 0 saturated carbocycles. The van der Waals surface area contributed by atoms with Crippen LogP contribution in [0.15, 0.2) is 0 Å². The topological polar surface area (TPSA) is 23.5 Å². The van der Waals surface area contributed by atoms with Gasteiger partial charge in [-0.05, 0) is 38.6 Å². The Kier molecular flexibility index (Phi) is 6.57. The van der Waals surface area contributed by atoms with Crippen LogP contribution in [0.3, 0.4) is 0 Å². The Balaban J connectivity index is 4.56. The van der Waals surface area contributed by atoms with Crippen molar-refractivity contribution in [1.82, 2.24) is 4.90 Å². The van der Waals surface area contributed by atoms with Gasteiger partial charge < -0.3 is 5.11 Å². The summed E-state index contributed by atoms with van der Waals surface area (Å²) in [5.41, 5.74) is 0.559. The van der Waals surface area contributed by atoms with Gasteiger partial charge in [0.25, 0.3) is 0 Å². The van der Waals surface area contributed by atoms with Gasteiger partial charge in [0.15, 0.2) is 0 Å². The fourth-order valence-electron chi connectivity index (χ4n) is 2.52. The third-order valence-electron chi connectivity index (χ3n) is 3.59. The molecular weight excluding hydrogens is 198 g/mol. The van der Waals surface area contributed by atoms with Crippen LogP contribution in [0.5, 0.6) is 0 Å². The second-order valence-electron chi connectivity index (χ2n) is 6.22. The van der Waals surface area contributed by atoms with E-state index in [1.54, 1.807) is 0 Å². The third-order valence-corrected chi connectivity index (χ3v) is 3.59. The van der Waals surface area contributed by atoms with Gasteiger partial charge >= 0.3 is 0 Å². The molecule has 0 unspecified atom stereocenters. The van der Waals surface area contributed by atoms with Crippen molar-refractivity contribution in [2.45, 2.75) is 66.3 Å². The lowest BCUT2D eigenvalue weighted by Crippen LogP contribution is -2.48. The van der Waals surface area contributed by atoms with E-state index in [2.05, 4.69) is 46.4 Å². The Hall–Kier alpha value is -0.0800. The highest BCUT2D eigenvalue weighted by atomic mass is 16.3. The molecule has 0 aromatic carbocycles. The third kappa shape index (κ3) is 5.31. The summed E-state index contributed by atoms with van der Waals surface area (Å²) in [6.07, 6.45) is 3.53. The lowest BCUT2D eigenvalue weighted by Gasteiger charge is -2.43. The van der Waals surface area contributed by atoms with Gasteiger partial charge in [-0.25, -0.2) is 0 Å². The van der Waals surface area contributed by atoms with Crippen LogP contribution in [-0.2, 0) is 0 Å². The number of β-amino-alcohol motifs (C(OH)–C–C–N with tert-alkyl or cyclic N) is 1. The largest absolute Gasteiger partial charge is 0.395 e. The number of nitrogens with zero attached hydrogens (tertiary/aromatic N) is 1. The van der Waals surface area contributed by atoms with E-state index < -0.39 is 0 Å². The van der Waals surface area contributed by atoms with Crippen molar-refractivity contribution in [3.63, 3.8) is 0 Å². The summed E-state index contributed by atoms with van der Waals surface area (Å²) >= 11 is 0. The molecule has 2 nitrogen and oxygen atoms in total. The highest BCUT2D eigenvalue weighted by Gasteiger charge is 2.31. The number of hydrogen-bond acceptors (Lipinski definition) is 2. The summed E-state index contributed by atoms with van der Waals surface area (Å²) in [5, 5.41) is 9.14. The number of aliphatic hydroxyl groups is 1. The molecule has 98 valence electrons. The molecule has 0 aromatic rings. The van der Waals surface area contributed by atoms with Crippen molar-refractivity contribution in [2.75, 3.05) is 19.7 Å². The first-order chi connectivity index (χ1) is 7.29. The van der Waals surface area contributed by atoms with Crippen LogP contribution in [0.1, 0.15) is 60.8 Å². The van der Waals surface area contributed by atoms with Gasteiger partial charge in [-0.2, -0.15) is 0 Å². The zero-order valence-corrected chi connectivity index (χ0v) is 12.1. The number of aliphatic hydroxyl groups excluding tert-OH is 1. The lowest BCUT2D eigenvalue weighted by atomic mass is 9.77. The quantitative estimate of drug-likeness (QED) is 0.690. The first-order valence-corrected chi connectivity index (χ1v) is 6.65. The Bertz CT molecular complexity index is 181. The zero-order chi connectivity index (χ0) is 12.8. The monoisotopic (exact) mass is 229 g/mol. The maximum Gasteiger partial charge on any atom is 0.0558 e. The van der Waals surface area contributed by atoms with Gasteiger partial charge in [0.1, 0.15) is 0 Å². The summed E-state index contributed by atoms with van der Waals surface area (Å²) < 4.78 is 0. The molecule has 0 heterocycles. The van der Waals surface area contributed by atoms with E-state index in [0.717, 1.165) is 19.5 Å². The maximum absolute atomic E-state index is 9.14. The van der Waals surface area contributed by atoms with Crippen molar-refractivity contribution in [1.29, 1.82) is 0 Å². The fourth-order valence-corrected chi connectivity index (χ4v) is 2.52. The van der Waals surface area contributed by atoms with E-state index in [1.165, 1.54) is 12.8 Å². The molecular formula is C14H31NO. The molecule has 1 N–H and O–H groups in total. The molecule has 0 rings (SSSR count). The summed E-state index contributed by atoms with van der Waals surface area (Å²) in [4.78, 5) is 2.42. The normalized spacial score (nSPS) is 13.5. The summed E-state index contributed by atoms with van der Waals surface area (Å²) in [6, 6.07) is 0. The Morgan fingerprint density at radius 1 is 1.00 bits per heavy atom. The highest BCUT2D eigenvalue weighted by molar-refractivity contribution is 4.87. The Morgan fingerprint density at radius 3 is 1.94 bits per heavy atom. The van der Waals surface area contributed by atoms with Gasteiger partial charge in [0.05, 0.1) is 6.61 Å². The Morgan fingerprint density at radius 2 is 1.56 bits per heavy atom. The second kappa shape index (κ2) is 6.61. The molecule has 0 radical (unpaired) electrons. The van der Waals surface area contributed by atoms with E-state index >= 15 is 0 Å². The van der Waals surface area contributed by atoms with Crippen LogP contribution in [0, 0.1) is 5.41 Å². The molecule has 0 spiro atoms. The molecule has 0 aromatic heterocycles. The predicted molar refractivity (Wildman–Crippen MR) is 71.7 cm³/mol. The van der Waals surface area contributed by atoms with E-state index in [9.17, 15) is 0 Å². The highest BCUT2D eigenvalue weighted by Crippen LogP contribution is 2.34.